The van der Waals surface area contributed by atoms with Gasteiger partial charge in [0, 0.05) is 56.3 Å². The van der Waals surface area contributed by atoms with Crippen molar-refractivity contribution >= 4 is 17.7 Å². The van der Waals surface area contributed by atoms with Gasteiger partial charge in [0.1, 0.15) is 29.5 Å². The van der Waals surface area contributed by atoms with E-state index < -0.39 is 23.6 Å². The number of imide groups is 1. The molecule has 218 valence electrons. The largest absolute Gasteiger partial charge is 0.487 e. The first-order valence-electron chi connectivity index (χ1n) is 14.2. The van der Waals surface area contributed by atoms with E-state index in [2.05, 4.69) is 10.6 Å². The van der Waals surface area contributed by atoms with E-state index in [1.807, 2.05) is 41.3 Å². The molecule has 6 rings (SSSR count). The second-order valence-electron chi connectivity index (χ2n) is 11.1. The van der Waals surface area contributed by atoms with Crippen molar-refractivity contribution in [1.82, 2.24) is 20.4 Å². The highest BCUT2D eigenvalue weighted by atomic mass is 19.1. The van der Waals surface area contributed by atoms with Gasteiger partial charge in [-0.15, -0.1) is 0 Å². The Balaban J connectivity index is 1.19. The van der Waals surface area contributed by atoms with Gasteiger partial charge in [0.15, 0.2) is 0 Å². The van der Waals surface area contributed by atoms with Gasteiger partial charge in [0.2, 0.25) is 11.8 Å². The Morgan fingerprint density at radius 1 is 0.952 bits per heavy atom. The molecule has 2 saturated heterocycles. The first kappa shape index (κ1) is 28.0. The fraction of sp³-hybridized carbons (Fsp3) is 0.344. The van der Waals surface area contributed by atoms with Crippen LogP contribution in [-0.4, -0.2) is 58.8 Å². The van der Waals surface area contributed by atoms with Gasteiger partial charge >= 0.3 is 0 Å². The fourth-order valence-corrected chi connectivity index (χ4v) is 6.03. The number of amides is 3. The van der Waals surface area contributed by atoms with Crippen LogP contribution in [-0.2, 0) is 29.2 Å². The average Bonchev–Trinajstić information content (AvgIpc) is 3.30. The standard InChI is InChI=1S/C32H32F2N4O4/c33-25-7-4-8-26(34)24(25)18-37-14-13-27(35-16-20-5-2-1-3-6-20)29(19-37)42-22-9-10-23-21(15-22)17-38(32(23)41)28-11-12-30(39)36-31(28)40/h1-10,15,27-29,35H,11-14,16-19H2,(H,36,39,40)/t27-,28?,29-/m0/s1. The molecule has 3 heterocycles. The van der Waals surface area contributed by atoms with E-state index in [0.29, 0.717) is 43.8 Å². The van der Waals surface area contributed by atoms with Crippen LogP contribution in [0.2, 0.25) is 0 Å². The first-order chi connectivity index (χ1) is 20.4. The van der Waals surface area contributed by atoms with E-state index in [9.17, 15) is 23.2 Å². The van der Waals surface area contributed by atoms with Gasteiger partial charge < -0.3 is 15.0 Å². The lowest BCUT2D eigenvalue weighted by Crippen LogP contribution is -2.54. The maximum absolute atomic E-state index is 14.4. The van der Waals surface area contributed by atoms with Crippen LogP contribution in [0, 0.1) is 11.6 Å². The number of benzene rings is 3. The van der Waals surface area contributed by atoms with E-state index in [0.717, 1.165) is 11.1 Å². The van der Waals surface area contributed by atoms with Gasteiger partial charge in [0.25, 0.3) is 5.91 Å². The van der Waals surface area contributed by atoms with Crippen molar-refractivity contribution in [2.45, 2.75) is 57.1 Å². The quantitative estimate of drug-likeness (QED) is 0.400. The molecule has 8 nitrogen and oxygen atoms in total. The predicted molar refractivity (Wildman–Crippen MR) is 150 cm³/mol. The van der Waals surface area contributed by atoms with E-state index in [1.165, 1.54) is 23.1 Å². The summed E-state index contributed by atoms with van der Waals surface area (Å²) >= 11 is 0. The second-order valence-corrected chi connectivity index (χ2v) is 11.1. The third kappa shape index (κ3) is 5.91. The minimum absolute atomic E-state index is 0.0261. The van der Waals surface area contributed by atoms with Gasteiger partial charge in [-0.2, -0.15) is 0 Å². The minimum Gasteiger partial charge on any atom is -0.487 e. The van der Waals surface area contributed by atoms with Crippen LogP contribution in [0.3, 0.4) is 0 Å². The number of hydrogen-bond acceptors (Lipinski definition) is 6. The molecular formula is C32H32F2N4O4. The maximum Gasteiger partial charge on any atom is 0.255 e. The first-order valence-corrected chi connectivity index (χ1v) is 14.2. The predicted octanol–water partition coefficient (Wildman–Crippen LogP) is 3.54. The van der Waals surface area contributed by atoms with Crippen LogP contribution in [0.25, 0.3) is 0 Å². The van der Waals surface area contributed by atoms with Crippen LogP contribution in [0.15, 0.2) is 66.7 Å². The molecule has 3 aromatic rings. The lowest BCUT2D eigenvalue weighted by Gasteiger charge is -2.39. The molecule has 3 amide bonds. The highest BCUT2D eigenvalue weighted by Gasteiger charge is 2.39. The number of rotatable bonds is 8. The number of piperidine rings is 2. The minimum atomic E-state index is -0.691. The van der Waals surface area contributed by atoms with E-state index in [4.69, 9.17) is 4.74 Å². The normalized spacial score (nSPS) is 22.7. The Morgan fingerprint density at radius 2 is 1.74 bits per heavy atom. The topological polar surface area (TPSA) is 91.0 Å². The molecule has 2 N–H and O–H groups in total. The Kier molecular flexibility index (Phi) is 7.99. The van der Waals surface area contributed by atoms with Crippen molar-refractivity contribution in [2.24, 2.45) is 0 Å². The smallest absolute Gasteiger partial charge is 0.255 e. The summed E-state index contributed by atoms with van der Waals surface area (Å²) in [6, 6.07) is 18.5. The van der Waals surface area contributed by atoms with Crippen LogP contribution in [0.1, 0.15) is 46.3 Å². The molecule has 42 heavy (non-hydrogen) atoms. The molecule has 1 unspecified atom stereocenters. The van der Waals surface area contributed by atoms with Gasteiger partial charge in [-0.1, -0.05) is 36.4 Å². The van der Waals surface area contributed by atoms with Crippen LogP contribution >= 0.6 is 0 Å². The van der Waals surface area contributed by atoms with Gasteiger partial charge in [-0.25, -0.2) is 8.78 Å². The Morgan fingerprint density at radius 3 is 2.50 bits per heavy atom. The summed E-state index contributed by atoms with van der Waals surface area (Å²) in [6.45, 7) is 2.10. The highest BCUT2D eigenvalue weighted by molar-refractivity contribution is 6.05. The average molecular weight is 575 g/mol. The second kappa shape index (κ2) is 12.0. The Labute approximate surface area is 242 Å². The lowest BCUT2D eigenvalue weighted by molar-refractivity contribution is -0.136. The molecule has 10 heteroatoms. The molecule has 2 fully saturated rings. The number of fused-ring (bicyclic) bond motifs is 1. The molecule has 0 saturated carbocycles. The molecule has 3 aliphatic rings. The van der Waals surface area contributed by atoms with E-state index >= 15 is 0 Å². The van der Waals surface area contributed by atoms with Gasteiger partial charge in [0.05, 0.1) is 0 Å². The summed E-state index contributed by atoms with van der Waals surface area (Å²) in [6.07, 6.45) is 0.860. The molecule has 0 bridgehead atoms. The summed E-state index contributed by atoms with van der Waals surface area (Å²) in [4.78, 5) is 40.6. The van der Waals surface area contributed by atoms with Crippen molar-refractivity contribution in [3.63, 3.8) is 0 Å². The zero-order chi connectivity index (χ0) is 29.2. The van der Waals surface area contributed by atoms with Crippen LogP contribution in [0.4, 0.5) is 8.78 Å². The number of carbonyl (C=O) groups excluding carboxylic acids is 3. The number of nitrogens with one attached hydrogen (secondary N) is 2. The number of likely N-dealkylation sites (tertiary alicyclic amines) is 1. The molecule has 0 spiro atoms. The van der Waals surface area contributed by atoms with Crippen molar-refractivity contribution in [2.75, 3.05) is 13.1 Å². The summed E-state index contributed by atoms with van der Waals surface area (Å²) in [7, 11) is 0. The number of hydrogen-bond donors (Lipinski definition) is 2. The third-order valence-corrected chi connectivity index (χ3v) is 8.28. The van der Waals surface area contributed by atoms with Crippen molar-refractivity contribution < 1.29 is 27.9 Å². The van der Waals surface area contributed by atoms with Crippen molar-refractivity contribution in [1.29, 1.82) is 0 Å². The summed E-state index contributed by atoms with van der Waals surface area (Å²) < 4.78 is 35.4. The van der Waals surface area contributed by atoms with E-state index in [-0.39, 0.29) is 49.0 Å². The number of carbonyl (C=O) groups is 3. The zero-order valence-corrected chi connectivity index (χ0v) is 23.0. The lowest BCUT2D eigenvalue weighted by atomic mass is 10.00. The van der Waals surface area contributed by atoms with Gasteiger partial charge in [-0.3, -0.25) is 24.6 Å². The fourth-order valence-electron chi connectivity index (χ4n) is 6.03. The van der Waals surface area contributed by atoms with Gasteiger partial charge in [-0.05, 0) is 54.3 Å². The molecule has 0 aromatic heterocycles. The number of nitrogens with zero attached hydrogens (tertiary/aromatic N) is 2. The zero-order valence-electron chi connectivity index (χ0n) is 23.0. The maximum atomic E-state index is 14.4. The molecule has 0 aliphatic carbocycles. The third-order valence-electron chi connectivity index (χ3n) is 8.28. The van der Waals surface area contributed by atoms with Crippen molar-refractivity contribution in [3.05, 3.63) is 101 Å². The molecule has 3 atom stereocenters. The molecule has 3 aromatic carbocycles. The SMILES string of the molecule is O=C1CCC(N2Cc3cc(O[C@H]4CN(Cc5c(F)cccc5F)CC[C@@H]4NCc4ccccc4)ccc3C2=O)C(=O)N1. The van der Waals surface area contributed by atoms with E-state index in [1.54, 1.807) is 12.1 Å². The summed E-state index contributed by atoms with van der Waals surface area (Å²) in [5, 5.41) is 5.92. The van der Waals surface area contributed by atoms with Crippen LogP contribution in [0.5, 0.6) is 5.75 Å². The van der Waals surface area contributed by atoms with Crippen molar-refractivity contribution in [3.8, 4) is 5.75 Å². The molecular weight excluding hydrogens is 542 g/mol. The Bertz CT molecular complexity index is 1480. The molecule has 0 radical (unpaired) electrons. The molecule has 3 aliphatic heterocycles. The summed E-state index contributed by atoms with van der Waals surface area (Å²) in [5.74, 6) is -1.59. The number of halogens is 2. The summed E-state index contributed by atoms with van der Waals surface area (Å²) in [5.41, 5.74) is 2.43. The monoisotopic (exact) mass is 574 g/mol. The number of ether oxygens (including phenoxy) is 1. The Hall–Kier alpha value is -4.15. The highest BCUT2D eigenvalue weighted by Crippen LogP contribution is 2.31. The van der Waals surface area contributed by atoms with Crippen LogP contribution < -0.4 is 15.4 Å².